The number of aliphatic hydroxyl groups is 1. The van der Waals surface area contributed by atoms with Crippen molar-refractivity contribution < 1.29 is 5.11 Å². The standard InChI is InChI=1S/C12H19N3O/c1-9-4-6-15(8-11(9)16)7-10-3-2-5-14-12(10)13/h2-3,5,9,11,16H,4,6-8H2,1H3,(H2,13,14). The molecule has 2 unspecified atom stereocenters. The Morgan fingerprint density at radius 1 is 1.62 bits per heavy atom. The molecule has 4 heteroatoms. The van der Waals surface area contributed by atoms with E-state index in [-0.39, 0.29) is 6.10 Å². The summed E-state index contributed by atoms with van der Waals surface area (Å²) in [6.45, 7) is 4.63. The minimum atomic E-state index is -0.216. The highest BCUT2D eigenvalue weighted by Gasteiger charge is 2.24. The Hall–Kier alpha value is -1.13. The van der Waals surface area contributed by atoms with E-state index in [1.807, 2.05) is 12.1 Å². The van der Waals surface area contributed by atoms with Crippen molar-refractivity contribution in [3.63, 3.8) is 0 Å². The van der Waals surface area contributed by atoms with Gasteiger partial charge in [0.05, 0.1) is 6.10 Å². The highest BCUT2D eigenvalue weighted by atomic mass is 16.3. The minimum Gasteiger partial charge on any atom is -0.392 e. The van der Waals surface area contributed by atoms with Crippen LogP contribution in [-0.2, 0) is 6.54 Å². The predicted molar refractivity (Wildman–Crippen MR) is 63.7 cm³/mol. The zero-order valence-electron chi connectivity index (χ0n) is 9.63. The summed E-state index contributed by atoms with van der Waals surface area (Å²) in [7, 11) is 0. The van der Waals surface area contributed by atoms with Crippen molar-refractivity contribution in [2.75, 3.05) is 18.8 Å². The number of rotatable bonds is 2. The Labute approximate surface area is 96.1 Å². The summed E-state index contributed by atoms with van der Waals surface area (Å²) in [6, 6.07) is 3.89. The smallest absolute Gasteiger partial charge is 0.127 e. The molecule has 0 bridgehead atoms. The number of nitrogen functional groups attached to an aromatic ring is 1. The lowest BCUT2D eigenvalue weighted by Gasteiger charge is -2.34. The zero-order valence-corrected chi connectivity index (χ0v) is 9.63. The number of hydrogen-bond acceptors (Lipinski definition) is 4. The van der Waals surface area contributed by atoms with E-state index in [1.165, 1.54) is 0 Å². The van der Waals surface area contributed by atoms with Crippen LogP contribution in [0.15, 0.2) is 18.3 Å². The van der Waals surface area contributed by atoms with E-state index in [4.69, 9.17) is 5.73 Å². The number of nitrogens with two attached hydrogens (primary N) is 1. The Bertz CT molecular complexity index is 356. The minimum absolute atomic E-state index is 0.216. The molecule has 4 nitrogen and oxygen atoms in total. The van der Waals surface area contributed by atoms with E-state index in [0.717, 1.165) is 31.6 Å². The fourth-order valence-electron chi connectivity index (χ4n) is 2.08. The Morgan fingerprint density at radius 2 is 2.44 bits per heavy atom. The lowest BCUT2D eigenvalue weighted by Crippen LogP contribution is -2.42. The molecule has 0 saturated carbocycles. The quantitative estimate of drug-likeness (QED) is 0.777. The number of β-amino-alcohol motifs (C(OH)–C–C–N with tert-alkyl or cyclic N) is 1. The monoisotopic (exact) mass is 221 g/mol. The van der Waals surface area contributed by atoms with Gasteiger partial charge in [-0.2, -0.15) is 0 Å². The van der Waals surface area contributed by atoms with Gasteiger partial charge in [-0.15, -0.1) is 0 Å². The van der Waals surface area contributed by atoms with Gasteiger partial charge < -0.3 is 10.8 Å². The summed E-state index contributed by atoms with van der Waals surface area (Å²) >= 11 is 0. The fourth-order valence-corrected chi connectivity index (χ4v) is 2.08. The van der Waals surface area contributed by atoms with E-state index >= 15 is 0 Å². The molecule has 2 atom stereocenters. The van der Waals surface area contributed by atoms with Crippen LogP contribution in [-0.4, -0.2) is 34.2 Å². The van der Waals surface area contributed by atoms with Crippen molar-refractivity contribution in [1.82, 2.24) is 9.88 Å². The van der Waals surface area contributed by atoms with Crippen LogP contribution in [0.25, 0.3) is 0 Å². The van der Waals surface area contributed by atoms with Gasteiger partial charge in [-0.3, -0.25) is 4.90 Å². The summed E-state index contributed by atoms with van der Waals surface area (Å²) in [5, 5.41) is 9.81. The van der Waals surface area contributed by atoms with Gasteiger partial charge in [0.15, 0.2) is 0 Å². The van der Waals surface area contributed by atoms with Crippen molar-refractivity contribution >= 4 is 5.82 Å². The van der Waals surface area contributed by atoms with E-state index in [2.05, 4.69) is 16.8 Å². The topological polar surface area (TPSA) is 62.4 Å². The first-order valence-electron chi connectivity index (χ1n) is 5.76. The van der Waals surface area contributed by atoms with Crippen molar-refractivity contribution in [3.05, 3.63) is 23.9 Å². The van der Waals surface area contributed by atoms with Crippen molar-refractivity contribution in [2.24, 2.45) is 5.92 Å². The fraction of sp³-hybridized carbons (Fsp3) is 0.583. The second-order valence-corrected chi connectivity index (χ2v) is 4.62. The second kappa shape index (κ2) is 4.80. The van der Waals surface area contributed by atoms with Crippen LogP contribution in [0.3, 0.4) is 0 Å². The maximum Gasteiger partial charge on any atom is 0.127 e. The van der Waals surface area contributed by atoms with Gasteiger partial charge in [-0.05, 0) is 24.9 Å². The van der Waals surface area contributed by atoms with Crippen LogP contribution in [0.1, 0.15) is 18.9 Å². The number of likely N-dealkylation sites (tertiary alicyclic amines) is 1. The summed E-state index contributed by atoms with van der Waals surface area (Å²) in [5.41, 5.74) is 6.84. The van der Waals surface area contributed by atoms with Crippen molar-refractivity contribution in [3.8, 4) is 0 Å². The molecule has 2 rings (SSSR count). The third-order valence-electron chi connectivity index (χ3n) is 3.32. The third kappa shape index (κ3) is 2.51. The lowest BCUT2D eigenvalue weighted by molar-refractivity contribution is 0.0259. The summed E-state index contributed by atoms with van der Waals surface area (Å²) in [4.78, 5) is 6.30. The van der Waals surface area contributed by atoms with Gasteiger partial charge in [0.1, 0.15) is 5.82 Å². The molecule has 0 aliphatic carbocycles. The van der Waals surface area contributed by atoms with Crippen LogP contribution >= 0.6 is 0 Å². The molecule has 16 heavy (non-hydrogen) atoms. The maximum atomic E-state index is 9.81. The van der Waals surface area contributed by atoms with E-state index in [0.29, 0.717) is 11.7 Å². The van der Waals surface area contributed by atoms with Gasteiger partial charge in [0.2, 0.25) is 0 Å². The van der Waals surface area contributed by atoms with Gasteiger partial charge >= 0.3 is 0 Å². The lowest BCUT2D eigenvalue weighted by atomic mass is 9.96. The highest BCUT2D eigenvalue weighted by molar-refractivity contribution is 5.38. The van der Waals surface area contributed by atoms with Crippen LogP contribution in [0.2, 0.25) is 0 Å². The Morgan fingerprint density at radius 3 is 3.12 bits per heavy atom. The largest absolute Gasteiger partial charge is 0.392 e. The zero-order chi connectivity index (χ0) is 11.5. The first-order valence-corrected chi connectivity index (χ1v) is 5.76. The number of nitrogens with zero attached hydrogens (tertiary/aromatic N) is 2. The number of hydrogen-bond donors (Lipinski definition) is 2. The number of aliphatic hydroxyl groups excluding tert-OH is 1. The average Bonchev–Trinajstić information content (AvgIpc) is 2.27. The van der Waals surface area contributed by atoms with Crippen LogP contribution in [0.5, 0.6) is 0 Å². The van der Waals surface area contributed by atoms with Crippen molar-refractivity contribution in [1.29, 1.82) is 0 Å². The number of anilines is 1. The van der Waals surface area contributed by atoms with Crippen molar-refractivity contribution in [2.45, 2.75) is 26.0 Å². The summed E-state index contributed by atoms with van der Waals surface area (Å²) in [5.74, 6) is 0.998. The molecule has 0 spiro atoms. The molecule has 0 amide bonds. The van der Waals surface area contributed by atoms with Crippen LogP contribution < -0.4 is 5.73 Å². The van der Waals surface area contributed by atoms with Gasteiger partial charge in [-0.25, -0.2) is 4.98 Å². The molecule has 1 aliphatic rings. The van der Waals surface area contributed by atoms with E-state index in [1.54, 1.807) is 6.20 Å². The van der Waals surface area contributed by atoms with E-state index in [9.17, 15) is 5.11 Å². The molecule has 1 aliphatic heterocycles. The molecule has 1 aromatic rings. The third-order valence-corrected chi connectivity index (χ3v) is 3.32. The normalized spacial score (nSPS) is 26.9. The molecule has 88 valence electrons. The number of piperidine rings is 1. The molecular weight excluding hydrogens is 202 g/mol. The number of pyridine rings is 1. The van der Waals surface area contributed by atoms with E-state index < -0.39 is 0 Å². The second-order valence-electron chi connectivity index (χ2n) is 4.62. The summed E-state index contributed by atoms with van der Waals surface area (Å²) in [6.07, 6.45) is 2.53. The molecule has 1 saturated heterocycles. The first-order chi connectivity index (χ1) is 7.66. The Kier molecular flexibility index (Phi) is 3.41. The van der Waals surface area contributed by atoms with Crippen LogP contribution in [0.4, 0.5) is 5.82 Å². The molecule has 0 radical (unpaired) electrons. The van der Waals surface area contributed by atoms with Crippen LogP contribution in [0, 0.1) is 5.92 Å². The SMILES string of the molecule is CC1CCN(Cc2cccnc2N)CC1O. The molecule has 3 N–H and O–H groups in total. The molecule has 1 fully saturated rings. The predicted octanol–water partition coefficient (Wildman–Crippen LogP) is 0.866. The van der Waals surface area contributed by atoms with Gasteiger partial charge in [0, 0.05) is 24.8 Å². The van der Waals surface area contributed by atoms with Gasteiger partial charge in [0.25, 0.3) is 0 Å². The molecule has 2 heterocycles. The first kappa shape index (κ1) is 11.4. The molecule has 1 aromatic heterocycles. The average molecular weight is 221 g/mol. The highest BCUT2D eigenvalue weighted by Crippen LogP contribution is 2.19. The van der Waals surface area contributed by atoms with Gasteiger partial charge in [-0.1, -0.05) is 13.0 Å². The maximum absolute atomic E-state index is 9.81. The number of aromatic nitrogens is 1. The summed E-state index contributed by atoms with van der Waals surface area (Å²) < 4.78 is 0. The molecular formula is C12H19N3O. The Balaban J connectivity index is 1.98. The molecule has 0 aromatic carbocycles.